The van der Waals surface area contributed by atoms with Crippen molar-refractivity contribution in [1.82, 2.24) is 9.44 Å². The van der Waals surface area contributed by atoms with Gasteiger partial charge in [0.1, 0.15) is 5.60 Å². The molecular formula is C10H26ClN3O8S2. The topological polar surface area (TPSA) is 168 Å². The number of halogens is 1. The molecule has 0 fully saturated rings. The highest BCUT2D eigenvalue weighted by Gasteiger charge is 2.19. The zero-order chi connectivity index (χ0) is 18.6. The molecule has 0 spiro atoms. The van der Waals surface area contributed by atoms with Gasteiger partial charge in [-0.2, -0.15) is 16.8 Å². The summed E-state index contributed by atoms with van der Waals surface area (Å²) in [7, 11) is -1.20. The summed E-state index contributed by atoms with van der Waals surface area (Å²) < 4.78 is 51.2. The van der Waals surface area contributed by atoms with Crippen LogP contribution in [0.1, 0.15) is 35.6 Å². The van der Waals surface area contributed by atoms with E-state index in [1.54, 1.807) is 25.5 Å². The Hall–Kier alpha value is -1.24. The number of carbonyl (C=O) groups excluding carboxylic acids is 2. The molecule has 0 aliphatic carbocycles. The molecule has 0 rings (SSSR count). The zero-order valence-electron chi connectivity index (χ0n) is 12.4. The van der Waals surface area contributed by atoms with Crippen LogP contribution in [0.25, 0.3) is 0 Å². The van der Waals surface area contributed by atoms with Crippen LogP contribution in [0.3, 0.4) is 0 Å². The van der Waals surface area contributed by atoms with E-state index in [0.717, 1.165) is 13.2 Å². The van der Waals surface area contributed by atoms with Crippen molar-refractivity contribution in [2.45, 2.75) is 41.2 Å². The molecule has 0 heterocycles. The van der Waals surface area contributed by atoms with Gasteiger partial charge in [-0.25, -0.2) is 19.0 Å². The summed E-state index contributed by atoms with van der Waals surface area (Å²) in [5.74, 6) is 0. The Morgan fingerprint density at radius 1 is 1.17 bits per heavy atom. The zero-order valence-corrected chi connectivity index (χ0v) is 14.8. The van der Waals surface area contributed by atoms with Gasteiger partial charge < -0.3 is 9.84 Å². The first-order valence-corrected chi connectivity index (χ1v) is 8.90. The standard InChI is InChI=1S/C6H14N2O4S.CClNO3S.CH4O.2CH4/c1-6(2,3)12-5(9)8-13(10,11)7-4;2-7(5,6)3-1-4;1-2;;/h7H,1-4H3,(H,8,9);;2H,1H3;2*1H4. The molecule has 0 saturated heterocycles. The van der Waals surface area contributed by atoms with Crippen molar-refractivity contribution >= 4 is 42.3 Å². The van der Waals surface area contributed by atoms with Crippen molar-refractivity contribution < 1.29 is 36.3 Å². The largest absolute Gasteiger partial charge is 0.443 e. The number of amides is 1. The van der Waals surface area contributed by atoms with E-state index in [-0.39, 0.29) is 14.9 Å². The van der Waals surface area contributed by atoms with Crippen molar-refractivity contribution in [3.63, 3.8) is 0 Å². The van der Waals surface area contributed by atoms with Gasteiger partial charge in [-0.05, 0) is 20.8 Å². The van der Waals surface area contributed by atoms with Crippen molar-refractivity contribution in [2.24, 2.45) is 4.40 Å². The molecule has 11 nitrogen and oxygen atoms in total. The molecule has 0 saturated carbocycles. The molecule has 148 valence electrons. The van der Waals surface area contributed by atoms with Gasteiger partial charge in [0.2, 0.25) is 0 Å². The number of hydrogen-bond acceptors (Lipinski definition) is 8. The normalized spacial score (nSPS) is 9.79. The molecule has 1 amide bonds. The highest BCUT2D eigenvalue weighted by molar-refractivity contribution is 8.12. The van der Waals surface area contributed by atoms with Crippen molar-refractivity contribution in [1.29, 1.82) is 0 Å². The van der Waals surface area contributed by atoms with Gasteiger partial charge in [0, 0.05) is 24.8 Å². The van der Waals surface area contributed by atoms with Gasteiger partial charge in [0.15, 0.2) is 0 Å². The third-order valence-electron chi connectivity index (χ3n) is 1.03. The minimum atomic E-state index is -4.00. The lowest BCUT2D eigenvalue weighted by Gasteiger charge is -2.19. The van der Waals surface area contributed by atoms with Crippen LogP contribution in [-0.2, 0) is 29.0 Å². The van der Waals surface area contributed by atoms with E-state index in [0.29, 0.717) is 0 Å². The predicted octanol–water partition coefficient (Wildman–Crippen LogP) is 0.662. The minimum absolute atomic E-state index is 0. The van der Waals surface area contributed by atoms with E-state index >= 15 is 0 Å². The number of isocyanates is 1. The molecular weight excluding hydrogens is 390 g/mol. The van der Waals surface area contributed by atoms with Crippen LogP contribution in [0.5, 0.6) is 0 Å². The van der Waals surface area contributed by atoms with Crippen molar-refractivity contribution in [3.8, 4) is 0 Å². The number of aliphatic hydroxyl groups excluding tert-OH is 1. The molecule has 3 N–H and O–H groups in total. The fraction of sp³-hybridized carbons (Fsp3) is 0.800. The molecule has 0 aromatic heterocycles. The maximum atomic E-state index is 10.9. The van der Waals surface area contributed by atoms with Crippen LogP contribution in [0, 0.1) is 0 Å². The average Bonchev–Trinajstić information content (AvgIpc) is 2.27. The van der Waals surface area contributed by atoms with E-state index in [9.17, 15) is 21.6 Å². The molecule has 14 heteroatoms. The monoisotopic (exact) mass is 415 g/mol. The second-order valence-electron chi connectivity index (χ2n) is 3.91. The maximum absolute atomic E-state index is 10.9. The first kappa shape index (κ1) is 34.2. The van der Waals surface area contributed by atoms with Crippen LogP contribution >= 0.6 is 10.7 Å². The van der Waals surface area contributed by atoms with E-state index in [2.05, 4.69) is 15.1 Å². The molecule has 0 aliphatic rings. The number of ether oxygens (including phenoxy) is 1. The number of rotatable bonds is 3. The predicted molar refractivity (Wildman–Crippen MR) is 91.8 cm³/mol. The Kier molecular flexibility index (Phi) is 21.8. The van der Waals surface area contributed by atoms with Crippen molar-refractivity contribution in [2.75, 3.05) is 14.2 Å². The van der Waals surface area contributed by atoms with Crippen LogP contribution in [0.4, 0.5) is 4.79 Å². The third kappa shape index (κ3) is 32.6. The summed E-state index contributed by atoms with van der Waals surface area (Å²) in [6, 6.07) is 0. The molecule has 0 bridgehead atoms. The highest BCUT2D eigenvalue weighted by Crippen LogP contribution is 2.06. The smallest absolute Gasteiger partial charge is 0.422 e. The SMILES string of the molecule is C.C.CNS(=O)(=O)NC(=O)OC(C)(C)C.CO.O=C=NS(=O)(=O)Cl. The number of nitrogens with zero attached hydrogens (tertiary/aromatic N) is 1. The van der Waals surface area contributed by atoms with E-state index in [1.165, 1.54) is 7.05 Å². The summed E-state index contributed by atoms with van der Waals surface area (Å²) in [4.78, 5) is 19.9. The Labute approximate surface area is 148 Å². The number of hydrogen-bond donors (Lipinski definition) is 3. The molecule has 24 heavy (non-hydrogen) atoms. The van der Waals surface area contributed by atoms with Gasteiger partial charge in [0.05, 0.1) is 0 Å². The summed E-state index contributed by atoms with van der Waals surface area (Å²) >= 11 is 0. The number of aliphatic hydroxyl groups is 1. The minimum Gasteiger partial charge on any atom is -0.443 e. The molecule has 0 aliphatic heterocycles. The summed E-state index contributed by atoms with van der Waals surface area (Å²) in [5, 5.41) is 7.00. The lowest BCUT2D eigenvalue weighted by molar-refractivity contribution is 0.0569. The average molecular weight is 416 g/mol. The molecule has 0 aromatic rings. The Balaban J connectivity index is -0.0000000943. The molecule has 0 unspecified atom stereocenters. The Morgan fingerprint density at radius 3 is 1.71 bits per heavy atom. The highest BCUT2D eigenvalue weighted by atomic mass is 35.7. The second-order valence-corrected chi connectivity index (χ2v) is 7.70. The van der Waals surface area contributed by atoms with Gasteiger partial charge in [-0.1, -0.05) is 19.3 Å². The summed E-state index contributed by atoms with van der Waals surface area (Å²) in [6.07, 6.45) is -0.236. The summed E-state index contributed by atoms with van der Waals surface area (Å²) in [6.45, 7) is 4.91. The maximum Gasteiger partial charge on any atom is 0.422 e. The lowest BCUT2D eigenvalue weighted by Crippen LogP contribution is -2.41. The fourth-order valence-corrected chi connectivity index (χ4v) is 1.04. The van der Waals surface area contributed by atoms with Crippen molar-refractivity contribution in [3.05, 3.63) is 0 Å². The number of nitrogens with one attached hydrogen (secondary N) is 2. The lowest BCUT2D eigenvalue weighted by atomic mass is 10.2. The first-order chi connectivity index (χ1) is 9.72. The van der Waals surface area contributed by atoms with E-state index < -0.39 is 31.1 Å². The third-order valence-corrected chi connectivity index (χ3v) is 2.50. The van der Waals surface area contributed by atoms with Crippen LogP contribution < -0.4 is 9.44 Å². The quantitative estimate of drug-likeness (QED) is 0.343. The van der Waals surface area contributed by atoms with E-state index in [1.807, 2.05) is 4.72 Å². The van der Waals surface area contributed by atoms with Crippen LogP contribution in [-0.4, -0.2) is 53.9 Å². The van der Waals surface area contributed by atoms with Gasteiger partial charge in [-0.15, -0.1) is 0 Å². The Morgan fingerprint density at radius 2 is 1.54 bits per heavy atom. The van der Waals surface area contributed by atoms with Gasteiger partial charge in [-0.3, -0.25) is 0 Å². The molecule has 0 atom stereocenters. The summed E-state index contributed by atoms with van der Waals surface area (Å²) in [5.41, 5.74) is -0.715. The second kappa shape index (κ2) is 15.3. The Bertz CT molecular complexity index is 578. The van der Waals surface area contributed by atoms with Crippen LogP contribution in [0.2, 0.25) is 0 Å². The van der Waals surface area contributed by atoms with E-state index in [4.69, 9.17) is 14.6 Å². The van der Waals surface area contributed by atoms with Gasteiger partial charge >= 0.3 is 25.5 Å². The van der Waals surface area contributed by atoms with Gasteiger partial charge in [0.25, 0.3) is 6.08 Å². The number of carbonyl (C=O) groups is 1. The van der Waals surface area contributed by atoms with Crippen LogP contribution in [0.15, 0.2) is 4.40 Å². The molecule has 0 aromatic carbocycles. The molecule has 0 radical (unpaired) electrons. The fourth-order valence-electron chi connectivity index (χ4n) is 0.504. The first-order valence-electron chi connectivity index (χ1n) is 5.15.